The van der Waals surface area contributed by atoms with Crippen molar-refractivity contribution >= 4 is 27.5 Å². The molecular weight excluding hydrogens is 280 g/mol. The number of piperidine rings is 1. The Morgan fingerprint density at radius 3 is 2.93 bits per heavy atom. The molecular formula is C11H12BrClFN. The minimum absolute atomic E-state index is 0.197. The standard InChI is InChI=1S/C11H12BrClFN/c12-8-3-4-9(14)10(11(8)13)7-2-1-5-15-6-7/h3-4,7,15H,1-2,5-6H2. The predicted octanol–water partition coefficient (Wildman–Crippen LogP) is 3.71. The fraction of sp³-hybridized carbons (Fsp3) is 0.455. The van der Waals surface area contributed by atoms with Gasteiger partial charge in [0.05, 0.1) is 5.02 Å². The predicted molar refractivity (Wildman–Crippen MR) is 64.0 cm³/mol. The van der Waals surface area contributed by atoms with Crippen molar-refractivity contribution < 1.29 is 4.39 Å². The lowest BCUT2D eigenvalue weighted by Crippen LogP contribution is -2.29. The molecule has 1 N–H and O–H groups in total. The van der Waals surface area contributed by atoms with Gasteiger partial charge in [-0.05, 0) is 47.4 Å². The molecule has 15 heavy (non-hydrogen) atoms. The van der Waals surface area contributed by atoms with Crippen LogP contribution in [0.15, 0.2) is 16.6 Å². The van der Waals surface area contributed by atoms with Gasteiger partial charge in [0.15, 0.2) is 0 Å². The van der Waals surface area contributed by atoms with Crippen LogP contribution in [0.2, 0.25) is 5.02 Å². The Morgan fingerprint density at radius 2 is 2.27 bits per heavy atom. The van der Waals surface area contributed by atoms with Crippen LogP contribution < -0.4 is 5.32 Å². The Hall–Kier alpha value is -0.120. The molecule has 1 aliphatic rings. The van der Waals surface area contributed by atoms with Crippen molar-refractivity contribution in [2.45, 2.75) is 18.8 Å². The van der Waals surface area contributed by atoms with E-state index in [9.17, 15) is 4.39 Å². The molecule has 0 bridgehead atoms. The fourth-order valence-electron chi connectivity index (χ4n) is 2.02. The number of halogens is 3. The minimum atomic E-state index is -0.197. The lowest BCUT2D eigenvalue weighted by molar-refractivity contribution is 0.446. The maximum absolute atomic E-state index is 13.7. The summed E-state index contributed by atoms with van der Waals surface area (Å²) in [5.74, 6) is 0.000602. The van der Waals surface area contributed by atoms with Crippen molar-refractivity contribution in [3.8, 4) is 0 Å². The molecule has 0 amide bonds. The first kappa shape index (κ1) is 11.4. The zero-order chi connectivity index (χ0) is 10.8. The Balaban J connectivity index is 2.36. The van der Waals surface area contributed by atoms with E-state index < -0.39 is 0 Å². The summed E-state index contributed by atoms with van der Waals surface area (Å²) in [4.78, 5) is 0. The second-order valence-electron chi connectivity index (χ2n) is 3.80. The highest BCUT2D eigenvalue weighted by molar-refractivity contribution is 9.10. The van der Waals surface area contributed by atoms with Crippen LogP contribution in [-0.2, 0) is 0 Å². The molecule has 1 aromatic carbocycles. The molecule has 0 spiro atoms. The SMILES string of the molecule is Fc1ccc(Br)c(Cl)c1C1CCCNC1. The molecule has 1 aromatic rings. The molecule has 1 nitrogen and oxygen atoms in total. The van der Waals surface area contributed by atoms with Crippen LogP contribution in [0.4, 0.5) is 4.39 Å². The molecule has 0 radical (unpaired) electrons. The minimum Gasteiger partial charge on any atom is -0.316 e. The summed E-state index contributed by atoms with van der Waals surface area (Å²) in [6.45, 7) is 1.83. The summed E-state index contributed by atoms with van der Waals surface area (Å²) in [5, 5.41) is 3.78. The Morgan fingerprint density at radius 1 is 1.47 bits per heavy atom. The van der Waals surface area contributed by atoms with Crippen LogP contribution in [0.3, 0.4) is 0 Å². The third-order valence-corrected chi connectivity index (χ3v) is 4.08. The van der Waals surface area contributed by atoms with Crippen molar-refractivity contribution in [3.63, 3.8) is 0 Å². The summed E-state index contributed by atoms with van der Waals surface area (Å²) in [6, 6.07) is 3.12. The maximum Gasteiger partial charge on any atom is 0.128 e. The maximum atomic E-state index is 13.7. The third kappa shape index (κ3) is 2.35. The van der Waals surface area contributed by atoms with Gasteiger partial charge >= 0.3 is 0 Å². The van der Waals surface area contributed by atoms with Crippen molar-refractivity contribution in [1.82, 2.24) is 5.32 Å². The van der Waals surface area contributed by atoms with E-state index in [-0.39, 0.29) is 11.7 Å². The quantitative estimate of drug-likeness (QED) is 0.778. The Bertz CT molecular complexity index is 364. The highest BCUT2D eigenvalue weighted by Crippen LogP contribution is 2.35. The number of rotatable bonds is 1. The van der Waals surface area contributed by atoms with Crippen LogP contribution in [0.1, 0.15) is 24.3 Å². The summed E-state index contributed by atoms with van der Waals surface area (Å²) in [7, 11) is 0. The first-order valence-electron chi connectivity index (χ1n) is 5.04. The van der Waals surface area contributed by atoms with E-state index >= 15 is 0 Å². The van der Waals surface area contributed by atoms with Gasteiger partial charge in [0.2, 0.25) is 0 Å². The zero-order valence-electron chi connectivity index (χ0n) is 8.19. The summed E-state index contributed by atoms with van der Waals surface area (Å²) < 4.78 is 14.5. The molecule has 1 heterocycles. The van der Waals surface area contributed by atoms with Crippen LogP contribution in [0.25, 0.3) is 0 Å². The second kappa shape index (κ2) is 4.81. The van der Waals surface area contributed by atoms with Crippen LogP contribution in [-0.4, -0.2) is 13.1 Å². The van der Waals surface area contributed by atoms with E-state index in [2.05, 4.69) is 21.2 Å². The van der Waals surface area contributed by atoms with Crippen molar-refractivity contribution in [1.29, 1.82) is 0 Å². The molecule has 2 rings (SSSR count). The van der Waals surface area contributed by atoms with E-state index in [1.165, 1.54) is 6.07 Å². The van der Waals surface area contributed by atoms with Gasteiger partial charge in [0.25, 0.3) is 0 Å². The topological polar surface area (TPSA) is 12.0 Å². The lowest BCUT2D eigenvalue weighted by Gasteiger charge is -2.24. The number of hydrogen-bond donors (Lipinski definition) is 1. The molecule has 0 saturated carbocycles. The van der Waals surface area contributed by atoms with Gasteiger partial charge < -0.3 is 5.32 Å². The Labute approximate surface area is 102 Å². The molecule has 1 atom stereocenters. The van der Waals surface area contributed by atoms with Gasteiger partial charge in [0, 0.05) is 22.5 Å². The molecule has 1 unspecified atom stereocenters. The highest BCUT2D eigenvalue weighted by Gasteiger charge is 2.22. The molecule has 82 valence electrons. The largest absolute Gasteiger partial charge is 0.316 e. The Kier molecular flexibility index (Phi) is 3.65. The molecule has 0 aliphatic carbocycles. The van der Waals surface area contributed by atoms with Gasteiger partial charge in [-0.3, -0.25) is 0 Å². The molecule has 1 fully saturated rings. The normalized spacial score (nSPS) is 21.7. The summed E-state index contributed by atoms with van der Waals surface area (Å²) in [6.07, 6.45) is 2.08. The van der Waals surface area contributed by atoms with Crippen molar-refractivity contribution in [2.75, 3.05) is 13.1 Å². The first-order chi connectivity index (χ1) is 7.20. The van der Waals surface area contributed by atoms with Crippen LogP contribution in [0, 0.1) is 5.82 Å². The average Bonchev–Trinajstić information content (AvgIpc) is 2.26. The first-order valence-corrected chi connectivity index (χ1v) is 6.21. The van der Waals surface area contributed by atoms with Gasteiger partial charge in [0.1, 0.15) is 5.82 Å². The summed E-state index contributed by atoms with van der Waals surface area (Å²) in [5.41, 5.74) is 0.651. The van der Waals surface area contributed by atoms with Crippen LogP contribution in [0.5, 0.6) is 0 Å². The van der Waals surface area contributed by atoms with E-state index in [0.29, 0.717) is 10.6 Å². The van der Waals surface area contributed by atoms with Crippen molar-refractivity contribution in [2.24, 2.45) is 0 Å². The molecule has 4 heteroatoms. The molecule has 1 aliphatic heterocycles. The lowest BCUT2D eigenvalue weighted by atomic mass is 9.91. The smallest absolute Gasteiger partial charge is 0.128 e. The van der Waals surface area contributed by atoms with Crippen LogP contribution >= 0.6 is 27.5 Å². The van der Waals surface area contributed by atoms with E-state index in [4.69, 9.17) is 11.6 Å². The number of benzene rings is 1. The highest BCUT2D eigenvalue weighted by atomic mass is 79.9. The molecule has 0 aromatic heterocycles. The monoisotopic (exact) mass is 291 g/mol. The molecule has 1 saturated heterocycles. The number of hydrogen-bond acceptors (Lipinski definition) is 1. The number of nitrogens with one attached hydrogen (secondary N) is 1. The van der Waals surface area contributed by atoms with Gasteiger partial charge in [-0.2, -0.15) is 0 Å². The van der Waals surface area contributed by atoms with E-state index in [1.807, 2.05) is 0 Å². The second-order valence-corrected chi connectivity index (χ2v) is 5.03. The van der Waals surface area contributed by atoms with Gasteiger partial charge in [-0.1, -0.05) is 11.6 Å². The summed E-state index contributed by atoms with van der Waals surface area (Å²) >= 11 is 9.44. The average molecular weight is 293 g/mol. The zero-order valence-corrected chi connectivity index (χ0v) is 10.5. The van der Waals surface area contributed by atoms with E-state index in [1.54, 1.807) is 6.07 Å². The van der Waals surface area contributed by atoms with E-state index in [0.717, 1.165) is 30.4 Å². The fourth-order valence-corrected chi connectivity index (χ4v) is 2.67. The third-order valence-electron chi connectivity index (χ3n) is 2.78. The van der Waals surface area contributed by atoms with Gasteiger partial charge in [-0.25, -0.2) is 4.39 Å². The van der Waals surface area contributed by atoms with Gasteiger partial charge in [-0.15, -0.1) is 0 Å². The van der Waals surface area contributed by atoms with Crippen molar-refractivity contribution in [3.05, 3.63) is 33.0 Å².